The summed E-state index contributed by atoms with van der Waals surface area (Å²) in [6, 6.07) is 9.61. The van der Waals surface area contributed by atoms with Crippen LogP contribution in [0.15, 0.2) is 45.3 Å². The summed E-state index contributed by atoms with van der Waals surface area (Å²) in [5, 5.41) is 0. The summed E-state index contributed by atoms with van der Waals surface area (Å²) in [7, 11) is 0. The van der Waals surface area contributed by atoms with Crippen LogP contribution in [0, 0.1) is 23.5 Å². The lowest BCUT2D eigenvalue weighted by Crippen LogP contribution is -2.29. The van der Waals surface area contributed by atoms with Gasteiger partial charge in [-0.1, -0.05) is 476 Å². The van der Waals surface area contributed by atoms with Gasteiger partial charge >= 0.3 is 11.9 Å². The summed E-state index contributed by atoms with van der Waals surface area (Å²) in [6.07, 6.45) is 93.8. The van der Waals surface area contributed by atoms with E-state index in [-0.39, 0.29) is 78.3 Å². The first kappa shape index (κ1) is 101. The van der Waals surface area contributed by atoms with Gasteiger partial charge in [0, 0.05) is 35.3 Å². The van der Waals surface area contributed by atoms with Crippen molar-refractivity contribution < 1.29 is 37.4 Å². The zero-order valence-corrected chi connectivity index (χ0v) is 79.0. The number of carbonyl (C=O) groups excluding carboxylic acids is 4. The Kier molecular flexibility index (Phi) is 53.8. The van der Waals surface area contributed by atoms with Crippen LogP contribution in [0.2, 0.25) is 0 Å². The lowest BCUT2D eigenvalue weighted by molar-refractivity contribution is -0.127. The Morgan fingerprint density at radius 3 is 0.669 bits per heavy atom. The largest absolute Gasteiger partial charge is 0.422 e. The molecule has 0 aliphatic carbocycles. The normalized spacial score (nSPS) is 15.0. The molecule has 666 valence electrons. The van der Waals surface area contributed by atoms with E-state index in [2.05, 4.69) is 59.6 Å². The molecule has 0 saturated carbocycles. The fourth-order valence-electron chi connectivity index (χ4n) is 19.6. The van der Waals surface area contributed by atoms with E-state index in [1.165, 1.54) is 433 Å². The van der Waals surface area contributed by atoms with Crippen LogP contribution >= 0.6 is 31.9 Å². The molecular formula is C106H168Br2F2N2O6. The van der Waals surface area contributed by atoms with E-state index in [1.807, 2.05) is 0 Å². The second-order valence-electron chi connectivity index (χ2n) is 36.9. The van der Waals surface area contributed by atoms with Crippen molar-refractivity contribution in [2.75, 3.05) is 22.9 Å². The van der Waals surface area contributed by atoms with Gasteiger partial charge in [0.05, 0.1) is 42.6 Å². The lowest BCUT2D eigenvalue weighted by Gasteiger charge is -2.21. The highest BCUT2D eigenvalue weighted by atomic mass is 79.9. The third-order valence-electron chi connectivity index (χ3n) is 26.9. The van der Waals surface area contributed by atoms with Gasteiger partial charge in [0.1, 0.15) is 11.5 Å². The molecule has 4 aliphatic heterocycles. The molecule has 7 rings (SSSR count). The number of rotatable bonds is 76. The summed E-state index contributed by atoms with van der Waals surface area (Å²) in [6.45, 7) is 9.73. The predicted molar refractivity (Wildman–Crippen MR) is 506 cm³/mol. The first-order valence-electron chi connectivity index (χ1n) is 50.7. The van der Waals surface area contributed by atoms with E-state index >= 15 is 18.4 Å². The van der Waals surface area contributed by atoms with Gasteiger partial charge < -0.3 is 19.3 Å². The zero-order chi connectivity index (χ0) is 83.8. The molecule has 4 heterocycles. The van der Waals surface area contributed by atoms with Crippen LogP contribution in [-0.4, -0.2) is 36.8 Å². The Balaban J connectivity index is 0.967. The van der Waals surface area contributed by atoms with Gasteiger partial charge in [-0.2, -0.15) is 0 Å². The predicted octanol–water partition coefficient (Wildman–Crippen LogP) is 35.2. The van der Waals surface area contributed by atoms with E-state index in [9.17, 15) is 9.59 Å². The van der Waals surface area contributed by atoms with Crippen LogP contribution in [0.4, 0.5) is 20.2 Å². The van der Waals surface area contributed by atoms with E-state index in [4.69, 9.17) is 9.47 Å². The highest BCUT2D eigenvalue weighted by molar-refractivity contribution is 9.10. The van der Waals surface area contributed by atoms with Gasteiger partial charge in [0.25, 0.3) is 11.8 Å². The topological polar surface area (TPSA) is 93.2 Å². The molecular weight excluding hydrogens is 1590 g/mol. The van der Waals surface area contributed by atoms with Crippen LogP contribution in [0.5, 0.6) is 11.5 Å². The number of amides is 2. The van der Waals surface area contributed by atoms with Gasteiger partial charge in [0.15, 0.2) is 11.6 Å². The molecule has 0 unspecified atom stereocenters. The molecule has 0 bridgehead atoms. The minimum Gasteiger partial charge on any atom is -0.422 e. The first-order chi connectivity index (χ1) is 57.9. The fraction of sp³-hybridized carbons (Fsp3) is 0.755. The van der Waals surface area contributed by atoms with Crippen molar-refractivity contribution in [3.63, 3.8) is 0 Å². The maximum absolute atomic E-state index is 16.8. The van der Waals surface area contributed by atoms with Crippen molar-refractivity contribution in [2.24, 2.45) is 11.8 Å². The number of hydrogen-bond donors (Lipinski definition) is 0. The Labute approximate surface area is 737 Å². The van der Waals surface area contributed by atoms with Crippen molar-refractivity contribution >= 4 is 89.3 Å². The van der Waals surface area contributed by atoms with Crippen LogP contribution in [0.25, 0.3) is 22.3 Å². The molecule has 118 heavy (non-hydrogen) atoms. The maximum Gasteiger partial charge on any atom is 0.345 e. The highest BCUT2D eigenvalue weighted by Crippen LogP contribution is 2.54. The lowest BCUT2D eigenvalue weighted by atomic mass is 9.90. The summed E-state index contributed by atoms with van der Waals surface area (Å²) >= 11 is 6.87. The molecule has 0 saturated heterocycles. The number of unbranched alkanes of at least 4 members (excludes halogenated alkanes) is 60. The van der Waals surface area contributed by atoms with Gasteiger partial charge in [0.2, 0.25) is 0 Å². The molecule has 0 N–H and O–H groups in total. The number of ether oxygens (including phenoxy) is 2. The van der Waals surface area contributed by atoms with Crippen LogP contribution < -0.4 is 19.3 Å². The molecule has 3 aromatic rings. The third kappa shape index (κ3) is 36.6. The summed E-state index contributed by atoms with van der Waals surface area (Å²) in [5.41, 5.74) is 1.38. The van der Waals surface area contributed by atoms with Crippen molar-refractivity contribution in [3.8, 4) is 11.5 Å². The van der Waals surface area contributed by atoms with E-state index in [0.29, 0.717) is 35.8 Å². The molecule has 0 radical (unpaired) electrons. The second-order valence-corrected chi connectivity index (χ2v) is 38.6. The average molecular weight is 1760 g/mol. The minimum absolute atomic E-state index is 0.0291. The SMILES string of the molecule is CCCCCCCCCCCCCCCCCCC(CCCCCCCCCCCCCCCCCC)CCCN1C(=O)/C(=C2/C(=O)Oc3cc4c(cc32)OC(=O)/C4=C2/C(=O)N(CCCC(CCCCCCCCCCCCCCCCCC)CCCCCCCCCCCCCCCCCC)c3c2ccc(Br)c3F)c2ccc(Br)c(F)c21. The van der Waals surface area contributed by atoms with Crippen molar-refractivity contribution in [1.82, 2.24) is 0 Å². The average Bonchev–Trinajstić information content (AvgIpc) is 1.56. The van der Waals surface area contributed by atoms with Crippen LogP contribution in [0.1, 0.15) is 512 Å². The van der Waals surface area contributed by atoms with Crippen LogP contribution in [-0.2, 0) is 19.2 Å². The number of hydrogen-bond acceptors (Lipinski definition) is 6. The number of benzene rings is 3. The number of carbonyl (C=O) groups is 4. The molecule has 0 fully saturated rings. The molecule has 3 aromatic carbocycles. The number of halogens is 4. The van der Waals surface area contributed by atoms with Gasteiger partial charge in [-0.3, -0.25) is 9.59 Å². The second kappa shape index (κ2) is 62.9. The molecule has 4 aliphatic rings. The maximum atomic E-state index is 16.8. The monoisotopic (exact) mass is 1760 g/mol. The van der Waals surface area contributed by atoms with Crippen LogP contribution in [0.3, 0.4) is 0 Å². The number of anilines is 2. The van der Waals surface area contributed by atoms with Crippen molar-refractivity contribution in [3.05, 3.63) is 79.2 Å². The molecule has 0 atom stereocenters. The Morgan fingerprint density at radius 1 is 0.263 bits per heavy atom. The fourth-order valence-corrected chi connectivity index (χ4v) is 20.2. The molecule has 2 amide bonds. The number of esters is 2. The molecule has 0 spiro atoms. The van der Waals surface area contributed by atoms with E-state index < -0.39 is 35.4 Å². The minimum atomic E-state index is -0.778. The van der Waals surface area contributed by atoms with E-state index in [0.717, 1.165) is 38.5 Å². The number of nitrogens with zero attached hydrogens (tertiary/aromatic N) is 2. The van der Waals surface area contributed by atoms with Gasteiger partial charge in [-0.25, -0.2) is 18.4 Å². The van der Waals surface area contributed by atoms with Gasteiger partial charge in [-0.05, 0) is 93.6 Å². The summed E-state index contributed by atoms with van der Waals surface area (Å²) in [4.78, 5) is 62.5. The summed E-state index contributed by atoms with van der Waals surface area (Å²) < 4.78 is 46.2. The van der Waals surface area contributed by atoms with Crippen molar-refractivity contribution in [2.45, 2.75) is 490 Å². The molecule has 12 heteroatoms. The molecule has 0 aromatic heterocycles. The quantitative estimate of drug-likeness (QED) is 0.0242. The first-order valence-corrected chi connectivity index (χ1v) is 52.3. The Hall–Kier alpha value is -4.16. The third-order valence-corrected chi connectivity index (χ3v) is 28.1. The highest BCUT2D eigenvalue weighted by Gasteiger charge is 2.46. The number of fused-ring (bicyclic) bond motifs is 4. The summed E-state index contributed by atoms with van der Waals surface area (Å²) in [5.74, 6) is -2.47. The Morgan fingerprint density at radius 2 is 0.458 bits per heavy atom. The van der Waals surface area contributed by atoms with Crippen molar-refractivity contribution in [1.29, 1.82) is 0 Å². The standard InChI is InChI=1S/C106H168Br2F2N2O6/c1-5-9-13-17-21-25-29-33-37-41-45-49-53-57-61-65-71-85(72-66-62-58-54-50-46-42-38-34-30-26-22-18-14-10-6-2)75-69-81-111-101-87(77-79-91(107)99(101)109)95(103(111)113)97-89-83-94-90(84-93(89)117-105(97)115)98(106(116)118-94)96-88-78-80-92(108)100(110)102(88)112(104(96)114)82-70-76-86(73-67-63-59-55-51-47-43-39-35-31-27-23-19-15-11-7-3)74-68-64-60-56-52-48-44-40-36-32-28-24-20-16-12-8-4/h77-80,83-86H,5-76,81-82H2,1-4H3/b97-95+,98-96+. The van der Waals surface area contributed by atoms with Gasteiger partial charge in [-0.15, -0.1) is 0 Å². The molecule has 8 nitrogen and oxygen atoms in total. The van der Waals surface area contributed by atoms with E-state index in [1.54, 1.807) is 24.3 Å². The zero-order valence-electron chi connectivity index (χ0n) is 75.8. The smallest absolute Gasteiger partial charge is 0.345 e. The Bertz CT molecular complexity index is 3070.